The van der Waals surface area contributed by atoms with Crippen molar-refractivity contribution in [2.45, 2.75) is 0 Å². The first kappa shape index (κ1) is 32.4. The molecular formula is C44H33N13. The third kappa shape index (κ3) is 5.40. The van der Waals surface area contributed by atoms with Crippen molar-refractivity contribution >= 4 is 50.9 Å². The van der Waals surface area contributed by atoms with Crippen molar-refractivity contribution in [3.05, 3.63) is 153 Å². The quantitative estimate of drug-likeness (QED) is 0.150. The molecule has 0 amide bonds. The third-order valence-corrected chi connectivity index (χ3v) is 10.3. The smallest absolute Gasteiger partial charge is 0.239 e. The highest BCUT2D eigenvalue weighted by Gasteiger charge is 2.26. The highest BCUT2D eigenvalue weighted by molar-refractivity contribution is 6.12. The Morgan fingerprint density at radius 3 is 1.42 bits per heavy atom. The molecule has 0 atom stereocenters. The van der Waals surface area contributed by atoms with Gasteiger partial charge in [-0.05, 0) is 66.7 Å². The number of aromatic nitrogens is 11. The predicted molar refractivity (Wildman–Crippen MR) is 223 cm³/mol. The molecule has 0 aliphatic carbocycles. The normalized spacial score (nSPS) is 11.7. The maximum atomic E-state index is 5.31. The van der Waals surface area contributed by atoms with E-state index < -0.39 is 0 Å². The van der Waals surface area contributed by atoms with Gasteiger partial charge in [0, 0.05) is 96.9 Å². The van der Waals surface area contributed by atoms with Gasteiger partial charge in [0.15, 0.2) is 5.82 Å². The summed E-state index contributed by atoms with van der Waals surface area (Å²) in [5.74, 6) is 3.47. The van der Waals surface area contributed by atoms with Gasteiger partial charge >= 0.3 is 0 Å². The van der Waals surface area contributed by atoms with E-state index in [-0.39, 0.29) is 0 Å². The van der Waals surface area contributed by atoms with Gasteiger partial charge in [0.1, 0.15) is 11.6 Å². The summed E-state index contributed by atoms with van der Waals surface area (Å²) in [7, 11) is 4.04. The van der Waals surface area contributed by atoms with E-state index in [9.17, 15) is 0 Å². The summed E-state index contributed by atoms with van der Waals surface area (Å²) < 4.78 is 10.3. The van der Waals surface area contributed by atoms with E-state index in [1.807, 2.05) is 79.4 Å². The lowest BCUT2D eigenvalue weighted by Gasteiger charge is -2.15. The number of benzene rings is 2. The van der Waals surface area contributed by atoms with Gasteiger partial charge in [-0.3, -0.25) is 0 Å². The lowest BCUT2D eigenvalue weighted by Crippen LogP contribution is -2.09. The Hall–Kier alpha value is -8.06. The number of anilines is 4. The van der Waals surface area contributed by atoms with E-state index >= 15 is 0 Å². The molecule has 13 heteroatoms. The minimum atomic E-state index is 0.328. The molecule has 0 saturated heterocycles. The molecule has 3 aromatic carbocycles. The van der Waals surface area contributed by atoms with Gasteiger partial charge in [-0.25, -0.2) is 24.3 Å². The van der Waals surface area contributed by atoms with E-state index in [1.54, 1.807) is 18.5 Å². The average molecular weight is 744 g/mol. The maximum absolute atomic E-state index is 5.31. The SMILES string of the molecule is Cn1cccc1Nc1cn(-c2ccccc2)cc1-c1nc2nc(-c3ncccn3)nc3nc(-c4cn(-c5ccccc5)cc4Nc4cccn4C)c4ccc1c4n23. The van der Waals surface area contributed by atoms with Crippen LogP contribution >= 0.6 is 0 Å². The summed E-state index contributed by atoms with van der Waals surface area (Å²) in [6.45, 7) is 0. The van der Waals surface area contributed by atoms with Gasteiger partial charge in [-0.1, -0.05) is 36.4 Å². The van der Waals surface area contributed by atoms with Gasteiger partial charge < -0.3 is 28.9 Å². The van der Waals surface area contributed by atoms with E-state index in [0.717, 1.165) is 73.2 Å². The molecule has 2 N–H and O–H groups in total. The van der Waals surface area contributed by atoms with Gasteiger partial charge in [-0.2, -0.15) is 9.97 Å². The average Bonchev–Trinajstić information content (AvgIpc) is 4.11. The van der Waals surface area contributed by atoms with Crippen LogP contribution in [0.4, 0.5) is 23.0 Å². The van der Waals surface area contributed by atoms with Gasteiger partial charge in [0.2, 0.25) is 17.4 Å². The molecule has 0 radical (unpaired) electrons. The standard InChI is InChI=1S/C44H33N13/c1-53-22-9-16-36(53)47-34-26-55(28-12-5-3-6-13-28)24-32(34)38-30-18-19-31-39(50-44-52-42(41-45-20-11-21-46-41)51-43(49-38)57(44)40(30)31)33-25-56(29-14-7-4-8-15-29)27-35(33)48-37-17-10-23-54(37)2/h3-27,47-48H,1-2H3. The molecule has 0 aliphatic rings. The van der Waals surface area contributed by atoms with Gasteiger partial charge in [0.05, 0.1) is 28.3 Å². The number of para-hydroxylation sites is 2. The number of nitrogens with one attached hydrogen (secondary N) is 2. The van der Waals surface area contributed by atoms with Crippen molar-refractivity contribution in [2.75, 3.05) is 10.6 Å². The molecule has 11 rings (SSSR count). The molecule has 11 aromatic rings. The molecule has 274 valence electrons. The minimum Gasteiger partial charge on any atom is -0.340 e. The van der Waals surface area contributed by atoms with Crippen LogP contribution in [-0.4, -0.2) is 52.6 Å². The Balaban J connectivity index is 1.20. The van der Waals surface area contributed by atoms with Crippen molar-refractivity contribution in [3.8, 4) is 45.5 Å². The molecule has 0 unspecified atom stereocenters. The number of aryl methyl sites for hydroxylation is 2. The van der Waals surface area contributed by atoms with Crippen molar-refractivity contribution in [1.29, 1.82) is 0 Å². The van der Waals surface area contributed by atoms with Crippen molar-refractivity contribution in [2.24, 2.45) is 14.1 Å². The van der Waals surface area contributed by atoms with Crippen LogP contribution in [0.3, 0.4) is 0 Å². The van der Waals surface area contributed by atoms with Crippen LogP contribution in [0.2, 0.25) is 0 Å². The molecule has 0 aliphatic heterocycles. The molecule has 13 nitrogen and oxygen atoms in total. The van der Waals surface area contributed by atoms with Crippen LogP contribution in [0.1, 0.15) is 0 Å². The fourth-order valence-electron chi connectivity index (χ4n) is 7.53. The summed E-state index contributed by atoms with van der Waals surface area (Å²) in [5, 5.41) is 9.23. The monoisotopic (exact) mass is 743 g/mol. The van der Waals surface area contributed by atoms with Crippen LogP contribution < -0.4 is 10.6 Å². The lowest BCUT2D eigenvalue weighted by atomic mass is 10.1. The second-order valence-corrected chi connectivity index (χ2v) is 13.9. The Bertz CT molecular complexity index is 3010. The highest BCUT2D eigenvalue weighted by atomic mass is 15.2. The van der Waals surface area contributed by atoms with Crippen LogP contribution in [0.25, 0.3) is 73.4 Å². The molecule has 8 aromatic heterocycles. The molecule has 0 saturated carbocycles. The molecule has 0 spiro atoms. The van der Waals surface area contributed by atoms with Crippen LogP contribution in [0.5, 0.6) is 0 Å². The zero-order valence-electron chi connectivity index (χ0n) is 30.9. The number of hydrogen-bond donors (Lipinski definition) is 2. The summed E-state index contributed by atoms with van der Waals surface area (Å²) in [6, 6.07) is 34.7. The van der Waals surface area contributed by atoms with Crippen molar-refractivity contribution < 1.29 is 0 Å². The highest BCUT2D eigenvalue weighted by Crippen LogP contribution is 2.43. The third-order valence-electron chi connectivity index (χ3n) is 10.3. The second-order valence-electron chi connectivity index (χ2n) is 13.9. The fraction of sp³-hybridized carbons (Fsp3) is 0.0455. The topological polar surface area (TPSA) is 126 Å². The number of rotatable bonds is 9. The molecular weight excluding hydrogens is 711 g/mol. The Kier molecular flexibility index (Phi) is 7.26. The zero-order valence-corrected chi connectivity index (χ0v) is 30.9. The van der Waals surface area contributed by atoms with Crippen LogP contribution in [0.15, 0.2) is 153 Å². The summed E-state index contributed by atoms with van der Waals surface area (Å²) >= 11 is 0. The molecule has 57 heavy (non-hydrogen) atoms. The molecule has 8 heterocycles. The molecule has 0 bridgehead atoms. The van der Waals surface area contributed by atoms with E-state index in [1.165, 1.54) is 0 Å². The van der Waals surface area contributed by atoms with Crippen molar-refractivity contribution in [1.82, 2.24) is 52.6 Å². The second kappa shape index (κ2) is 12.8. The van der Waals surface area contributed by atoms with Crippen molar-refractivity contribution in [3.63, 3.8) is 0 Å². The summed E-state index contributed by atoms with van der Waals surface area (Å²) in [4.78, 5) is 29.6. The summed E-state index contributed by atoms with van der Waals surface area (Å²) in [5.41, 5.74) is 8.08. The van der Waals surface area contributed by atoms with E-state index in [0.29, 0.717) is 23.2 Å². The number of hydrogen-bond acceptors (Lipinski definition) is 8. The first-order chi connectivity index (χ1) is 28.1. The van der Waals surface area contributed by atoms with Gasteiger partial charge in [0.25, 0.3) is 0 Å². The molecule has 0 fully saturated rings. The minimum absolute atomic E-state index is 0.328. The van der Waals surface area contributed by atoms with Crippen LogP contribution in [0, 0.1) is 0 Å². The van der Waals surface area contributed by atoms with E-state index in [4.69, 9.17) is 19.9 Å². The Labute approximate surface area is 325 Å². The van der Waals surface area contributed by atoms with Gasteiger partial charge in [-0.15, -0.1) is 0 Å². The predicted octanol–water partition coefficient (Wildman–Crippen LogP) is 8.80. The largest absolute Gasteiger partial charge is 0.340 e. The fourth-order valence-corrected chi connectivity index (χ4v) is 7.53. The van der Waals surface area contributed by atoms with E-state index in [2.05, 4.69) is 112 Å². The lowest BCUT2D eigenvalue weighted by molar-refractivity contribution is 0.936. The summed E-state index contributed by atoms with van der Waals surface area (Å²) in [6.07, 6.45) is 15.9. The number of nitrogens with zero attached hydrogens (tertiary/aromatic N) is 11. The maximum Gasteiger partial charge on any atom is 0.239 e. The Morgan fingerprint density at radius 1 is 0.474 bits per heavy atom. The zero-order chi connectivity index (χ0) is 38.0. The van der Waals surface area contributed by atoms with Crippen LogP contribution in [-0.2, 0) is 14.1 Å². The first-order valence-corrected chi connectivity index (χ1v) is 18.5. The first-order valence-electron chi connectivity index (χ1n) is 18.5. The Morgan fingerprint density at radius 2 is 0.965 bits per heavy atom.